The van der Waals surface area contributed by atoms with Gasteiger partial charge in [0.2, 0.25) is 5.91 Å². The molecule has 1 unspecified atom stereocenters. The maximum atomic E-state index is 14.4. The van der Waals surface area contributed by atoms with Gasteiger partial charge in [0.05, 0.1) is 12.3 Å². The minimum Gasteiger partial charge on any atom is -0.493 e. The summed E-state index contributed by atoms with van der Waals surface area (Å²) in [7, 11) is 0. The molecule has 5 aromatic carbocycles. The van der Waals surface area contributed by atoms with Crippen molar-refractivity contribution in [1.29, 1.82) is 0 Å². The highest BCUT2D eigenvalue weighted by atomic mass is 32.2. The number of carbonyl (C=O) groups is 3. The first-order chi connectivity index (χ1) is 22.9. The summed E-state index contributed by atoms with van der Waals surface area (Å²) in [5.41, 5.74) is 2.27. The third-order valence-electron chi connectivity index (χ3n) is 6.87. The number of anilines is 2. The first-order valence-electron chi connectivity index (χ1n) is 14.9. The number of carbonyl (C=O) groups excluding carboxylic acids is 3. The van der Waals surface area contributed by atoms with Crippen LogP contribution in [0.2, 0.25) is 0 Å². The Morgan fingerprint density at radius 2 is 1.47 bits per heavy atom. The summed E-state index contributed by atoms with van der Waals surface area (Å²) < 4.78 is 20.1. The highest BCUT2D eigenvalue weighted by molar-refractivity contribution is 8.00. The molecule has 0 saturated heterocycles. The third-order valence-corrected chi connectivity index (χ3v) is 8.11. The zero-order valence-corrected chi connectivity index (χ0v) is 26.3. The van der Waals surface area contributed by atoms with Crippen LogP contribution in [0.3, 0.4) is 0 Å². The zero-order chi connectivity index (χ0) is 33.0. The number of nitrogens with one attached hydrogen (secondary N) is 3. The fourth-order valence-electron chi connectivity index (χ4n) is 4.63. The maximum Gasteiger partial charge on any atom is 0.272 e. The number of hydrogen-bond donors (Lipinski definition) is 3. The van der Waals surface area contributed by atoms with Crippen molar-refractivity contribution in [2.75, 3.05) is 17.2 Å². The largest absolute Gasteiger partial charge is 0.493 e. The molecule has 0 fully saturated rings. The second-order valence-corrected chi connectivity index (χ2v) is 11.4. The van der Waals surface area contributed by atoms with E-state index in [2.05, 4.69) is 16.0 Å². The average Bonchev–Trinajstić information content (AvgIpc) is 3.09. The van der Waals surface area contributed by atoms with Crippen molar-refractivity contribution in [2.45, 2.75) is 17.1 Å². The molecular formula is C38H32FN3O4S. The number of amides is 3. The molecule has 0 bridgehead atoms. The molecule has 0 aliphatic heterocycles. The molecule has 7 nitrogen and oxygen atoms in total. The molecule has 47 heavy (non-hydrogen) atoms. The van der Waals surface area contributed by atoms with Crippen molar-refractivity contribution in [3.05, 3.63) is 162 Å². The van der Waals surface area contributed by atoms with Crippen LogP contribution in [0.25, 0.3) is 6.08 Å². The van der Waals surface area contributed by atoms with Crippen LogP contribution >= 0.6 is 11.8 Å². The summed E-state index contributed by atoms with van der Waals surface area (Å²) >= 11 is 1.26. The summed E-state index contributed by atoms with van der Waals surface area (Å²) in [6.45, 7) is 2.29. The van der Waals surface area contributed by atoms with Gasteiger partial charge >= 0.3 is 0 Å². The maximum absolute atomic E-state index is 14.4. The van der Waals surface area contributed by atoms with Crippen molar-refractivity contribution < 1.29 is 23.5 Å². The van der Waals surface area contributed by atoms with Gasteiger partial charge in [-0.15, -0.1) is 11.8 Å². The summed E-state index contributed by atoms with van der Waals surface area (Å²) in [5.74, 6) is -1.37. The van der Waals surface area contributed by atoms with E-state index in [0.29, 0.717) is 34.1 Å². The van der Waals surface area contributed by atoms with E-state index in [1.807, 2.05) is 55.5 Å². The predicted molar refractivity (Wildman–Crippen MR) is 185 cm³/mol. The molecule has 1 atom stereocenters. The lowest BCUT2D eigenvalue weighted by atomic mass is 10.1. The number of para-hydroxylation sites is 2. The molecule has 0 radical (unpaired) electrons. The predicted octanol–water partition coefficient (Wildman–Crippen LogP) is 8.11. The molecule has 9 heteroatoms. The van der Waals surface area contributed by atoms with Crippen LogP contribution < -0.4 is 20.7 Å². The van der Waals surface area contributed by atoms with E-state index in [1.165, 1.54) is 23.9 Å². The van der Waals surface area contributed by atoms with E-state index < -0.39 is 28.8 Å². The fourth-order valence-corrected chi connectivity index (χ4v) is 5.71. The number of thioether (sulfide) groups is 1. The number of halogens is 1. The van der Waals surface area contributed by atoms with Crippen LogP contribution in [0.4, 0.5) is 15.8 Å². The Morgan fingerprint density at radius 1 is 0.787 bits per heavy atom. The van der Waals surface area contributed by atoms with Gasteiger partial charge in [-0.05, 0) is 67.1 Å². The van der Waals surface area contributed by atoms with Gasteiger partial charge in [0.25, 0.3) is 11.8 Å². The molecular weight excluding hydrogens is 614 g/mol. The lowest BCUT2D eigenvalue weighted by Gasteiger charge is -2.18. The monoisotopic (exact) mass is 645 g/mol. The van der Waals surface area contributed by atoms with Gasteiger partial charge in [-0.3, -0.25) is 14.4 Å². The van der Waals surface area contributed by atoms with E-state index in [9.17, 15) is 18.8 Å². The van der Waals surface area contributed by atoms with E-state index in [-0.39, 0.29) is 11.4 Å². The van der Waals surface area contributed by atoms with Crippen molar-refractivity contribution in [3.8, 4) is 5.75 Å². The van der Waals surface area contributed by atoms with E-state index >= 15 is 0 Å². The van der Waals surface area contributed by atoms with Crippen LogP contribution in [0.5, 0.6) is 5.75 Å². The Labute approximate surface area is 276 Å². The van der Waals surface area contributed by atoms with E-state index in [0.717, 1.165) is 5.56 Å². The molecule has 3 amide bonds. The molecule has 0 aromatic heterocycles. The van der Waals surface area contributed by atoms with Crippen molar-refractivity contribution in [1.82, 2.24) is 5.32 Å². The highest BCUT2D eigenvalue weighted by Crippen LogP contribution is 2.37. The Morgan fingerprint density at radius 3 is 2.21 bits per heavy atom. The Kier molecular flexibility index (Phi) is 11.2. The molecule has 236 valence electrons. The minimum absolute atomic E-state index is 0.00971. The highest BCUT2D eigenvalue weighted by Gasteiger charge is 2.24. The van der Waals surface area contributed by atoms with Crippen molar-refractivity contribution >= 4 is 46.9 Å². The zero-order valence-electron chi connectivity index (χ0n) is 25.5. The minimum atomic E-state index is -0.725. The average molecular weight is 646 g/mol. The summed E-state index contributed by atoms with van der Waals surface area (Å²) in [4.78, 5) is 41.0. The van der Waals surface area contributed by atoms with E-state index in [1.54, 1.807) is 78.9 Å². The third kappa shape index (κ3) is 8.96. The van der Waals surface area contributed by atoms with Crippen LogP contribution in [-0.2, 0) is 9.59 Å². The molecule has 3 N–H and O–H groups in total. The van der Waals surface area contributed by atoms with Gasteiger partial charge in [0.1, 0.15) is 22.5 Å². The summed E-state index contributed by atoms with van der Waals surface area (Å²) in [5, 5.41) is 7.59. The molecule has 0 spiro atoms. The Hall–Kier alpha value is -5.67. The van der Waals surface area contributed by atoms with Crippen LogP contribution in [0, 0.1) is 5.82 Å². The number of ether oxygens (including phenoxy) is 1. The lowest BCUT2D eigenvalue weighted by molar-refractivity contribution is -0.116. The van der Waals surface area contributed by atoms with Crippen molar-refractivity contribution in [2.24, 2.45) is 0 Å². The smallest absolute Gasteiger partial charge is 0.272 e. The topological polar surface area (TPSA) is 96.5 Å². The number of benzene rings is 5. The quantitative estimate of drug-likeness (QED) is 0.0941. The van der Waals surface area contributed by atoms with Gasteiger partial charge in [-0.1, -0.05) is 84.9 Å². The van der Waals surface area contributed by atoms with Crippen LogP contribution in [-0.4, -0.2) is 24.3 Å². The number of hydrogen-bond acceptors (Lipinski definition) is 5. The van der Waals surface area contributed by atoms with Crippen LogP contribution in [0.1, 0.15) is 33.7 Å². The lowest BCUT2D eigenvalue weighted by Crippen LogP contribution is -2.30. The van der Waals surface area contributed by atoms with Gasteiger partial charge in [-0.25, -0.2) is 4.39 Å². The Bertz CT molecular complexity index is 1880. The summed E-state index contributed by atoms with van der Waals surface area (Å²) in [6.07, 6.45) is 1.57. The molecule has 0 aliphatic rings. The van der Waals surface area contributed by atoms with Gasteiger partial charge < -0.3 is 20.7 Å². The number of rotatable bonds is 12. The molecule has 0 saturated carbocycles. The van der Waals surface area contributed by atoms with Crippen molar-refractivity contribution in [3.63, 3.8) is 0 Å². The van der Waals surface area contributed by atoms with Gasteiger partial charge in [0.15, 0.2) is 0 Å². The Balaban J connectivity index is 1.40. The van der Waals surface area contributed by atoms with Crippen LogP contribution in [0.15, 0.2) is 144 Å². The second kappa shape index (κ2) is 16.1. The fraction of sp³-hybridized carbons (Fsp3) is 0.0789. The summed E-state index contributed by atoms with van der Waals surface area (Å²) in [6, 6.07) is 38.0. The standard InChI is InChI=1S/C38H32FN3O4S/c1-2-46-34-23-12-9-18-28(34)24-33(42-36(43)27-16-7-4-8-17-27)37(44)40-29-19-13-20-30(25-29)47-35(26-14-5-3-6-15-26)38(45)41-32-22-11-10-21-31(32)39/h3-25,35H,2H2,1H3,(H,40,44)(H,41,45)(H,42,43)/b33-24+. The molecule has 0 aliphatic carbocycles. The molecule has 5 rings (SSSR count). The normalized spacial score (nSPS) is 11.7. The first kappa shape index (κ1) is 32.7. The SMILES string of the molecule is CCOc1ccccc1/C=C(/NC(=O)c1ccccc1)C(=O)Nc1cccc(SC(C(=O)Nc2ccccc2F)c2ccccc2)c1. The van der Waals surface area contributed by atoms with E-state index in [4.69, 9.17) is 4.74 Å². The van der Waals surface area contributed by atoms with Gasteiger partial charge in [0, 0.05) is 21.7 Å². The second-order valence-electron chi connectivity index (χ2n) is 10.2. The molecule has 5 aromatic rings. The van der Waals surface area contributed by atoms with Gasteiger partial charge in [-0.2, -0.15) is 0 Å². The molecule has 0 heterocycles. The first-order valence-corrected chi connectivity index (χ1v) is 15.8.